The Bertz CT molecular complexity index is 792. The number of halogens is 1. The summed E-state index contributed by atoms with van der Waals surface area (Å²) in [4.78, 5) is 12.5. The molecule has 0 heterocycles. The monoisotopic (exact) mass is 421 g/mol. The third-order valence-corrected chi connectivity index (χ3v) is 4.87. The predicted molar refractivity (Wildman–Crippen MR) is 105 cm³/mol. The fourth-order valence-corrected chi connectivity index (χ4v) is 3.23. The molecule has 0 aliphatic heterocycles. The highest BCUT2D eigenvalue weighted by Crippen LogP contribution is 2.33. The molecule has 0 aliphatic carbocycles. The summed E-state index contributed by atoms with van der Waals surface area (Å²) >= 11 is 3.49. The lowest BCUT2D eigenvalue weighted by Crippen LogP contribution is -2.28. The Hall–Kier alpha value is -2.21. The Balaban J connectivity index is 2.15. The summed E-state index contributed by atoms with van der Waals surface area (Å²) < 4.78 is 16.8. The minimum absolute atomic E-state index is 0.0889. The molecule has 140 valence electrons. The molecule has 1 atom stereocenters. The van der Waals surface area contributed by atoms with Gasteiger partial charge in [0, 0.05) is 10.0 Å². The van der Waals surface area contributed by atoms with Crippen LogP contribution in [0.2, 0.25) is 0 Å². The van der Waals surface area contributed by atoms with E-state index in [1.807, 2.05) is 32.0 Å². The standard InChI is InChI=1S/C20H24BrNO4/c1-12-6-7-17(24-3)15(8-12)13(2)22-20(23)10-14-9-18(25-4)19(26-5)11-16(14)21/h6-9,11,13H,10H2,1-5H3,(H,22,23)/t13-/m1/s1. The number of hydrogen-bond donors (Lipinski definition) is 1. The minimum Gasteiger partial charge on any atom is -0.496 e. The number of methoxy groups -OCH3 is 3. The van der Waals surface area contributed by atoms with E-state index in [9.17, 15) is 4.79 Å². The van der Waals surface area contributed by atoms with Crippen molar-refractivity contribution in [1.82, 2.24) is 5.32 Å². The average Bonchev–Trinajstić information content (AvgIpc) is 2.62. The fraction of sp³-hybridized carbons (Fsp3) is 0.350. The van der Waals surface area contributed by atoms with Crippen LogP contribution in [0.25, 0.3) is 0 Å². The molecule has 6 heteroatoms. The van der Waals surface area contributed by atoms with Crippen LogP contribution in [-0.4, -0.2) is 27.2 Å². The molecular weight excluding hydrogens is 398 g/mol. The van der Waals surface area contributed by atoms with E-state index in [2.05, 4.69) is 21.2 Å². The molecule has 1 N–H and O–H groups in total. The maximum atomic E-state index is 12.5. The molecule has 0 unspecified atom stereocenters. The molecule has 2 aromatic rings. The van der Waals surface area contributed by atoms with Crippen molar-refractivity contribution in [2.75, 3.05) is 21.3 Å². The molecule has 0 spiro atoms. The second-order valence-electron chi connectivity index (χ2n) is 6.01. The molecule has 0 bridgehead atoms. The van der Waals surface area contributed by atoms with Gasteiger partial charge in [0.15, 0.2) is 11.5 Å². The largest absolute Gasteiger partial charge is 0.496 e. The SMILES string of the molecule is COc1cc(Br)c(CC(=O)N[C@H](C)c2cc(C)ccc2OC)cc1OC. The number of carbonyl (C=O) groups is 1. The second kappa shape index (κ2) is 8.94. The van der Waals surface area contributed by atoms with Gasteiger partial charge in [-0.05, 0) is 37.6 Å². The zero-order valence-electron chi connectivity index (χ0n) is 15.7. The fourth-order valence-electron chi connectivity index (χ4n) is 2.77. The molecule has 5 nitrogen and oxygen atoms in total. The van der Waals surface area contributed by atoms with Crippen molar-refractivity contribution in [3.05, 3.63) is 51.5 Å². The molecular formula is C20H24BrNO4. The lowest BCUT2D eigenvalue weighted by atomic mass is 10.0. The Morgan fingerprint density at radius 3 is 2.27 bits per heavy atom. The van der Waals surface area contributed by atoms with Crippen LogP contribution in [0.1, 0.15) is 29.7 Å². The van der Waals surface area contributed by atoms with Gasteiger partial charge in [0.05, 0.1) is 33.8 Å². The van der Waals surface area contributed by atoms with E-state index >= 15 is 0 Å². The summed E-state index contributed by atoms with van der Waals surface area (Å²) in [6.07, 6.45) is 0.222. The first-order valence-electron chi connectivity index (χ1n) is 8.23. The van der Waals surface area contributed by atoms with Gasteiger partial charge in [-0.25, -0.2) is 0 Å². The number of hydrogen-bond acceptors (Lipinski definition) is 4. The third kappa shape index (κ3) is 4.69. The highest BCUT2D eigenvalue weighted by molar-refractivity contribution is 9.10. The Morgan fingerprint density at radius 1 is 1.04 bits per heavy atom. The van der Waals surface area contributed by atoms with Gasteiger partial charge in [0.1, 0.15) is 5.75 Å². The van der Waals surface area contributed by atoms with Gasteiger partial charge in [-0.15, -0.1) is 0 Å². The van der Waals surface area contributed by atoms with E-state index in [1.165, 1.54) is 0 Å². The highest BCUT2D eigenvalue weighted by Gasteiger charge is 2.17. The molecule has 0 saturated carbocycles. The van der Waals surface area contributed by atoms with Crippen LogP contribution < -0.4 is 19.5 Å². The van der Waals surface area contributed by atoms with Crippen molar-refractivity contribution in [3.63, 3.8) is 0 Å². The van der Waals surface area contributed by atoms with Crippen molar-refractivity contribution in [2.45, 2.75) is 26.3 Å². The van der Waals surface area contributed by atoms with Gasteiger partial charge < -0.3 is 19.5 Å². The molecule has 0 aliphatic rings. The van der Waals surface area contributed by atoms with Crippen LogP contribution in [0.5, 0.6) is 17.2 Å². The van der Waals surface area contributed by atoms with Gasteiger partial charge in [-0.1, -0.05) is 33.6 Å². The first kappa shape index (κ1) is 20.1. The van der Waals surface area contributed by atoms with Crippen molar-refractivity contribution < 1.29 is 19.0 Å². The van der Waals surface area contributed by atoms with Crippen LogP contribution in [0, 0.1) is 6.92 Å². The summed E-state index contributed by atoms with van der Waals surface area (Å²) in [5.41, 5.74) is 2.89. The number of nitrogens with one attached hydrogen (secondary N) is 1. The first-order valence-corrected chi connectivity index (χ1v) is 9.03. The van der Waals surface area contributed by atoms with E-state index in [-0.39, 0.29) is 18.4 Å². The maximum Gasteiger partial charge on any atom is 0.224 e. The zero-order chi connectivity index (χ0) is 19.3. The van der Waals surface area contributed by atoms with Gasteiger partial charge in [-0.2, -0.15) is 0 Å². The zero-order valence-corrected chi connectivity index (χ0v) is 17.3. The van der Waals surface area contributed by atoms with Crippen molar-refractivity contribution >= 4 is 21.8 Å². The van der Waals surface area contributed by atoms with E-state index in [1.54, 1.807) is 33.5 Å². The molecule has 0 aromatic heterocycles. The number of amides is 1. The molecule has 2 aromatic carbocycles. The van der Waals surface area contributed by atoms with Crippen LogP contribution in [-0.2, 0) is 11.2 Å². The normalized spacial score (nSPS) is 11.6. The predicted octanol–water partition coefficient (Wildman–Crippen LogP) is 4.20. The number of benzene rings is 2. The van der Waals surface area contributed by atoms with Gasteiger partial charge in [0.25, 0.3) is 0 Å². The molecule has 1 amide bonds. The first-order chi connectivity index (χ1) is 12.4. The van der Waals surface area contributed by atoms with Crippen molar-refractivity contribution in [3.8, 4) is 17.2 Å². The maximum absolute atomic E-state index is 12.5. The van der Waals surface area contributed by atoms with E-state index in [4.69, 9.17) is 14.2 Å². The quantitative estimate of drug-likeness (QED) is 0.727. The van der Waals surface area contributed by atoms with Crippen LogP contribution in [0.3, 0.4) is 0 Å². The number of ether oxygens (including phenoxy) is 3. The average molecular weight is 422 g/mol. The Kier molecular flexibility index (Phi) is 6.91. The summed E-state index contributed by atoms with van der Waals surface area (Å²) in [5.74, 6) is 1.87. The molecule has 26 heavy (non-hydrogen) atoms. The number of carbonyl (C=O) groups excluding carboxylic acids is 1. The lowest BCUT2D eigenvalue weighted by Gasteiger charge is -2.18. The molecule has 0 fully saturated rings. The molecule has 0 radical (unpaired) electrons. The minimum atomic E-state index is -0.170. The number of aryl methyl sites for hydroxylation is 1. The van der Waals surface area contributed by atoms with Crippen LogP contribution in [0.15, 0.2) is 34.8 Å². The van der Waals surface area contributed by atoms with E-state index in [0.717, 1.165) is 26.9 Å². The summed E-state index contributed by atoms with van der Waals surface area (Å²) in [7, 11) is 4.78. The van der Waals surface area contributed by atoms with E-state index < -0.39 is 0 Å². The third-order valence-electron chi connectivity index (χ3n) is 4.13. The lowest BCUT2D eigenvalue weighted by molar-refractivity contribution is -0.121. The van der Waals surface area contributed by atoms with Crippen molar-refractivity contribution in [2.24, 2.45) is 0 Å². The Morgan fingerprint density at radius 2 is 1.65 bits per heavy atom. The second-order valence-corrected chi connectivity index (χ2v) is 6.86. The molecule has 0 saturated heterocycles. The number of rotatable bonds is 7. The smallest absolute Gasteiger partial charge is 0.224 e. The van der Waals surface area contributed by atoms with Gasteiger partial charge >= 0.3 is 0 Å². The summed E-state index contributed by atoms with van der Waals surface area (Å²) in [5, 5.41) is 3.03. The summed E-state index contributed by atoms with van der Waals surface area (Å²) in [6, 6.07) is 9.36. The van der Waals surface area contributed by atoms with Crippen LogP contribution >= 0.6 is 15.9 Å². The Labute approximate surface area is 162 Å². The summed E-state index contributed by atoms with van der Waals surface area (Å²) in [6.45, 7) is 3.96. The van der Waals surface area contributed by atoms with E-state index in [0.29, 0.717) is 11.5 Å². The molecule has 2 rings (SSSR count). The van der Waals surface area contributed by atoms with Gasteiger partial charge in [0.2, 0.25) is 5.91 Å². The van der Waals surface area contributed by atoms with Crippen LogP contribution in [0.4, 0.5) is 0 Å². The highest BCUT2D eigenvalue weighted by atomic mass is 79.9. The van der Waals surface area contributed by atoms with Crippen molar-refractivity contribution in [1.29, 1.82) is 0 Å². The van der Waals surface area contributed by atoms with Gasteiger partial charge in [-0.3, -0.25) is 4.79 Å². The topological polar surface area (TPSA) is 56.8 Å².